The molecule has 1 unspecified atom stereocenters. The van der Waals surface area contributed by atoms with E-state index >= 15 is 0 Å². The molecule has 3 rings (SSSR count). The fourth-order valence-electron chi connectivity index (χ4n) is 3.50. The molecule has 0 bridgehead atoms. The van der Waals surface area contributed by atoms with Gasteiger partial charge in [0.2, 0.25) is 15.9 Å². The molecule has 2 fully saturated rings. The quantitative estimate of drug-likeness (QED) is 0.746. The molecule has 2 saturated heterocycles. The monoisotopic (exact) mass is 430 g/mol. The van der Waals surface area contributed by atoms with E-state index < -0.39 is 10.0 Å². The van der Waals surface area contributed by atoms with Crippen molar-refractivity contribution in [2.24, 2.45) is 0 Å². The van der Waals surface area contributed by atoms with Gasteiger partial charge < -0.3 is 15.1 Å². The van der Waals surface area contributed by atoms with Gasteiger partial charge in [0.05, 0.1) is 4.90 Å². The van der Waals surface area contributed by atoms with Crippen molar-refractivity contribution in [3.8, 4) is 0 Å². The van der Waals surface area contributed by atoms with Crippen LogP contribution in [0, 0.1) is 0 Å². The van der Waals surface area contributed by atoms with E-state index in [9.17, 15) is 18.0 Å². The maximum absolute atomic E-state index is 12.8. The minimum atomic E-state index is -3.63. The van der Waals surface area contributed by atoms with Gasteiger partial charge in [0.15, 0.2) is 0 Å². The van der Waals surface area contributed by atoms with E-state index in [1.54, 1.807) is 29.0 Å². The molecule has 0 aromatic heterocycles. The van der Waals surface area contributed by atoms with Gasteiger partial charge in [-0.25, -0.2) is 8.42 Å². The topological polar surface area (TPSA) is 90.0 Å². The van der Waals surface area contributed by atoms with Crippen LogP contribution in [0.4, 0.5) is 0 Å². The number of nitrogens with zero attached hydrogens (tertiary/aromatic N) is 3. The summed E-state index contributed by atoms with van der Waals surface area (Å²) >= 11 is 0. The van der Waals surface area contributed by atoms with Crippen molar-refractivity contribution >= 4 is 34.2 Å². The average molecular weight is 431 g/mol. The fraction of sp³-hybridized carbons (Fsp3) is 0.556. The number of carbonyl (C=O) groups excluding carboxylic acids is 2. The highest BCUT2D eigenvalue weighted by atomic mass is 35.5. The van der Waals surface area contributed by atoms with E-state index in [0.29, 0.717) is 18.7 Å². The predicted molar refractivity (Wildman–Crippen MR) is 108 cm³/mol. The molecule has 2 amide bonds. The maximum atomic E-state index is 12.8. The molecule has 0 radical (unpaired) electrons. The van der Waals surface area contributed by atoms with E-state index in [1.165, 1.54) is 23.4 Å². The van der Waals surface area contributed by atoms with Crippen molar-refractivity contribution < 1.29 is 18.0 Å². The molecule has 2 aliphatic heterocycles. The number of likely N-dealkylation sites (N-methyl/N-ethyl adjacent to an activating group) is 1. The van der Waals surface area contributed by atoms with Gasteiger partial charge in [-0.05, 0) is 37.2 Å². The molecular weight excluding hydrogens is 404 g/mol. The Morgan fingerprint density at radius 3 is 2.21 bits per heavy atom. The van der Waals surface area contributed by atoms with E-state index in [0.717, 1.165) is 19.5 Å². The van der Waals surface area contributed by atoms with Crippen LogP contribution in [-0.2, 0) is 14.8 Å². The van der Waals surface area contributed by atoms with E-state index in [-0.39, 0.29) is 48.2 Å². The summed E-state index contributed by atoms with van der Waals surface area (Å²) in [5, 5.41) is 3.23. The number of amides is 2. The summed E-state index contributed by atoms with van der Waals surface area (Å²) in [5.74, 6) is -0.154. The van der Waals surface area contributed by atoms with Crippen molar-refractivity contribution in [1.29, 1.82) is 0 Å². The summed E-state index contributed by atoms with van der Waals surface area (Å²) in [6.45, 7) is 4.51. The second kappa shape index (κ2) is 9.21. The van der Waals surface area contributed by atoms with Gasteiger partial charge in [-0.15, -0.1) is 12.4 Å². The summed E-state index contributed by atoms with van der Waals surface area (Å²) < 4.78 is 27.0. The molecule has 2 heterocycles. The summed E-state index contributed by atoms with van der Waals surface area (Å²) in [5.41, 5.74) is 0.477. The van der Waals surface area contributed by atoms with E-state index in [2.05, 4.69) is 5.32 Å². The SMILES string of the molecule is CC(=O)N1CCN(S(=O)(=O)c2ccc(C(=O)N(C)C3CCNC3)cc2)CC1.Cl. The zero-order valence-corrected chi connectivity index (χ0v) is 17.8. The molecule has 0 aliphatic carbocycles. The fourth-order valence-corrected chi connectivity index (χ4v) is 4.92. The second-order valence-electron chi connectivity index (χ2n) is 7.00. The van der Waals surface area contributed by atoms with Crippen LogP contribution < -0.4 is 5.32 Å². The molecule has 156 valence electrons. The molecule has 0 spiro atoms. The molecule has 2 aliphatic rings. The first-order valence-corrected chi connectivity index (χ1v) is 10.6. The lowest BCUT2D eigenvalue weighted by Crippen LogP contribution is -2.49. The Hall–Kier alpha value is -1.68. The van der Waals surface area contributed by atoms with E-state index in [1.807, 2.05) is 0 Å². The summed E-state index contributed by atoms with van der Waals surface area (Å²) in [7, 11) is -1.85. The normalized spacial score (nSPS) is 20.5. The van der Waals surface area contributed by atoms with Gasteiger partial charge in [0, 0.05) is 58.3 Å². The second-order valence-corrected chi connectivity index (χ2v) is 8.94. The third-order valence-corrected chi connectivity index (χ3v) is 7.24. The summed E-state index contributed by atoms with van der Waals surface area (Å²) in [6, 6.07) is 6.28. The Labute approximate surface area is 172 Å². The van der Waals surface area contributed by atoms with Crippen molar-refractivity contribution in [3.63, 3.8) is 0 Å². The zero-order valence-electron chi connectivity index (χ0n) is 16.1. The molecule has 1 N–H and O–H groups in total. The Morgan fingerprint density at radius 1 is 1.11 bits per heavy atom. The highest BCUT2D eigenvalue weighted by molar-refractivity contribution is 7.89. The Morgan fingerprint density at radius 2 is 1.71 bits per heavy atom. The standard InChI is InChI=1S/C18H26N4O4S.ClH/c1-14(23)21-9-11-22(12-10-21)27(25,26)17-5-3-15(4-6-17)18(24)20(2)16-7-8-19-13-16;/h3-6,16,19H,7-13H2,1-2H3;1H. The van der Waals surface area contributed by atoms with Gasteiger partial charge in [0.1, 0.15) is 0 Å². The Balaban J connectivity index is 0.00000280. The van der Waals surface area contributed by atoms with Gasteiger partial charge in [0.25, 0.3) is 5.91 Å². The molecule has 1 aromatic rings. The van der Waals surface area contributed by atoms with Crippen LogP contribution in [0.5, 0.6) is 0 Å². The smallest absolute Gasteiger partial charge is 0.253 e. The molecule has 1 aromatic carbocycles. The third kappa shape index (κ3) is 4.65. The number of halogens is 1. The van der Waals surface area contributed by atoms with Crippen LogP contribution in [0.15, 0.2) is 29.2 Å². The molecule has 1 atom stereocenters. The van der Waals surface area contributed by atoms with Crippen LogP contribution >= 0.6 is 12.4 Å². The minimum absolute atomic E-state index is 0. The van der Waals surface area contributed by atoms with Crippen molar-refractivity contribution in [2.45, 2.75) is 24.3 Å². The van der Waals surface area contributed by atoms with Crippen LogP contribution in [-0.4, -0.2) is 86.7 Å². The Kier molecular flexibility index (Phi) is 7.44. The van der Waals surface area contributed by atoms with Crippen molar-refractivity contribution in [2.75, 3.05) is 46.3 Å². The lowest BCUT2D eigenvalue weighted by atomic mass is 10.1. The zero-order chi connectivity index (χ0) is 19.6. The number of hydrogen-bond acceptors (Lipinski definition) is 5. The lowest BCUT2D eigenvalue weighted by Gasteiger charge is -2.33. The van der Waals surface area contributed by atoms with Gasteiger partial charge >= 0.3 is 0 Å². The van der Waals surface area contributed by atoms with Crippen molar-refractivity contribution in [1.82, 2.24) is 19.4 Å². The highest BCUT2D eigenvalue weighted by Crippen LogP contribution is 2.19. The number of sulfonamides is 1. The number of hydrogen-bond donors (Lipinski definition) is 1. The lowest BCUT2D eigenvalue weighted by molar-refractivity contribution is -0.129. The van der Waals surface area contributed by atoms with Crippen LogP contribution in [0.1, 0.15) is 23.7 Å². The predicted octanol–water partition coefficient (Wildman–Crippen LogP) is 0.395. The molecule has 28 heavy (non-hydrogen) atoms. The first-order chi connectivity index (χ1) is 12.8. The maximum Gasteiger partial charge on any atom is 0.253 e. The number of carbonyl (C=O) groups is 2. The van der Waals surface area contributed by atoms with Crippen LogP contribution in [0.25, 0.3) is 0 Å². The van der Waals surface area contributed by atoms with Gasteiger partial charge in [-0.2, -0.15) is 4.31 Å². The first-order valence-electron chi connectivity index (χ1n) is 9.14. The van der Waals surface area contributed by atoms with Gasteiger partial charge in [-0.1, -0.05) is 0 Å². The summed E-state index contributed by atoms with van der Waals surface area (Å²) in [6.07, 6.45) is 0.918. The largest absolute Gasteiger partial charge is 0.340 e. The third-order valence-electron chi connectivity index (χ3n) is 5.33. The number of nitrogens with one attached hydrogen (secondary N) is 1. The first kappa shape index (κ1) is 22.6. The average Bonchev–Trinajstić information content (AvgIpc) is 3.21. The van der Waals surface area contributed by atoms with Crippen LogP contribution in [0.2, 0.25) is 0 Å². The molecule has 0 saturated carbocycles. The molecular formula is C18H27ClN4O4S. The minimum Gasteiger partial charge on any atom is -0.340 e. The summed E-state index contributed by atoms with van der Waals surface area (Å²) in [4.78, 5) is 27.5. The molecule has 8 nitrogen and oxygen atoms in total. The highest BCUT2D eigenvalue weighted by Gasteiger charge is 2.30. The number of benzene rings is 1. The van der Waals surface area contributed by atoms with Gasteiger partial charge in [-0.3, -0.25) is 9.59 Å². The number of rotatable bonds is 4. The molecule has 10 heteroatoms. The van der Waals surface area contributed by atoms with Crippen molar-refractivity contribution in [3.05, 3.63) is 29.8 Å². The van der Waals surface area contributed by atoms with Crippen LogP contribution in [0.3, 0.4) is 0 Å². The Bertz CT molecular complexity index is 801. The van der Waals surface area contributed by atoms with E-state index in [4.69, 9.17) is 0 Å². The number of piperazine rings is 1.